The van der Waals surface area contributed by atoms with Gasteiger partial charge in [-0.05, 0) is 32.3 Å². The fourth-order valence-corrected chi connectivity index (χ4v) is 1.64. The Balaban J connectivity index is 2.38. The van der Waals surface area contributed by atoms with Gasteiger partial charge in [0, 0.05) is 6.07 Å². The summed E-state index contributed by atoms with van der Waals surface area (Å²) >= 11 is 0. The molecule has 0 aliphatic carbocycles. The molecule has 0 radical (unpaired) electrons. The van der Waals surface area contributed by atoms with E-state index in [0.29, 0.717) is 24.1 Å². The van der Waals surface area contributed by atoms with E-state index in [0.717, 1.165) is 6.42 Å². The van der Waals surface area contributed by atoms with Crippen molar-refractivity contribution in [3.05, 3.63) is 30.0 Å². The van der Waals surface area contributed by atoms with Gasteiger partial charge in [0.05, 0.1) is 18.5 Å². The summed E-state index contributed by atoms with van der Waals surface area (Å²) in [4.78, 5) is 8.02. The van der Waals surface area contributed by atoms with Crippen LogP contribution in [0, 0.1) is 5.92 Å². The van der Waals surface area contributed by atoms with Crippen LogP contribution in [0.3, 0.4) is 0 Å². The van der Waals surface area contributed by atoms with E-state index in [9.17, 15) is 0 Å². The zero-order valence-electron chi connectivity index (χ0n) is 11.6. The van der Waals surface area contributed by atoms with Gasteiger partial charge < -0.3 is 4.74 Å². The second kappa shape index (κ2) is 8.26. The van der Waals surface area contributed by atoms with Crippen molar-refractivity contribution < 1.29 is 9.94 Å². The average molecular weight is 263 g/mol. The molecule has 0 saturated heterocycles. The van der Waals surface area contributed by atoms with Crippen molar-refractivity contribution in [1.29, 1.82) is 0 Å². The van der Waals surface area contributed by atoms with Crippen LogP contribution >= 0.6 is 0 Å². The number of ether oxygens (including phenoxy) is 1. The number of hydroxylamine groups is 1. The molecule has 1 unspecified atom stereocenters. The molecule has 0 aromatic carbocycles. The van der Waals surface area contributed by atoms with Crippen molar-refractivity contribution in [3.63, 3.8) is 0 Å². The molecule has 1 rings (SSSR count). The second-order valence-electron chi connectivity index (χ2n) is 4.60. The molecule has 0 fully saturated rings. The lowest BCUT2D eigenvalue weighted by Gasteiger charge is -2.08. The van der Waals surface area contributed by atoms with Crippen LogP contribution in [0.25, 0.3) is 0 Å². The molecule has 0 aliphatic rings. The number of hydrogen-bond donors (Lipinski definition) is 2. The maximum atomic E-state index is 8.36. The Labute approximate surface area is 114 Å². The third-order valence-corrected chi connectivity index (χ3v) is 2.43. The number of aliphatic imine (C=N–C) groups is 1. The molecule has 1 atom stereocenters. The molecule has 1 aromatic heterocycles. The molecular weight excluding hydrogens is 242 g/mol. The maximum Gasteiger partial charge on any atom is 0.213 e. The highest BCUT2D eigenvalue weighted by atomic mass is 16.5. The van der Waals surface area contributed by atoms with Gasteiger partial charge in [0.1, 0.15) is 6.34 Å². The van der Waals surface area contributed by atoms with E-state index in [1.54, 1.807) is 18.3 Å². The maximum absolute atomic E-state index is 8.36. The minimum Gasteiger partial charge on any atom is -0.478 e. The van der Waals surface area contributed by atoms with Gasteiger partial charge >= 0.3 is 0 Å². The first-order valence-corrected chi connectivity index (χ1v) is 6.28. The van der Waals surface area contributed by atoms with Gasteiger partial charge in [-0.3, -0.25) is 10.7 Å². The molecule has 0 saturated carbocycles. The Morgan fingerprint density at radius 2 is 2.32 bits per heavy atom. The Kier molecular flexibility index (Phi) is 6.60. The van der Waals surface area contributed by atoms with Gasteiger partial charge in [-0.1, -0.05) is 18.6 Å². The van der Waals surface area contributed by atoms with E-state index in [1.807, 2.05) is 5.48 Å². The van der Waals surface area contributed by atoms with E-state index in [-0.39, 0.29) is 0 Å². The SMILES string of the molecule is CC(C)=CC(C)CCOc1ccc(N=CNO)cn1. The van der Waals surface area contributed by atoms with Crippen LogP contribution in [0.1, 0.15) is 27.2 Å². The molecule has 0 aliphatic heterocycles. The zero-order valence-corrected chi connectivity index (χ0v) is 11.6. The monoisotopic (exact) mass is 263 g/mol. The van der Waals surface area contributed by atoms with Gasteiger partial charge in [0.25, 0.3) is 0 Å². The van der Waals surface area contributed by atoms with Crippen molar-refractivity contribution in [2.45, 2.75) is 27.2 Å². The van der Waals surface area contributed by atoms with E-state index in [1.165, 1.54) is 11.9 Å². The Hall–Kier alpha value is -1.88. The van der Waals surface area contributed by atoms with Gasteiger partial charge in [-0.15, -0.1) is 0 Å². The molecule has 0 amide bonds. The first kappa shape index (κ1) is 15.2. The van der Waals surface area contributed by atoms with Crippen molar-refractivity contribution in [3.8, 4) is 5.88 Å². The molecule has 5 heteroatoms. The zero-order chi connectivity index (χ0) is 14.1. The van der Waals surface area contributed by atoms with Crippen molar-refractivity contribution in [2.24, 2.45) is 10.9 Å². The summed E-state index contributed by atoms with van der Waals surface area (Å²) in [5.41, 5.74) is 3.81. The first-order valence-electron chi connectivity index (χ1n) is 6.28. The molecule has 104 valence electrons. The first-order chi connectivity index (χ1) is 9.11. The third kappa shape index (κ3) is 6.57. The highest BCUT2D eigenvalue weighted by molar-refractivity contribution is 5.59. The molecule has 1 heterocycles. The summed E-state index contributed by atoms with van der Waals surface area (Å²) in [6, 6.07) is 3.53. The van der Waals surface area contributed by atoms with Gasteiger partial charge in [0.2, 0.25) is 5.88 Å². The minimum absolute atomic E-state index is 0.504. The summed E-state index contributed by atoms with van der Waals surface area (Å²) in [5.74, 6) is 1.09. The molecule has 1 aromatic rings. The van der Waals surface area contributed by atoms with Crippen LogP contribution in [0.4, 0.5) is 5.69 Å². The lowest BCUT2D eigenvalue weighted by atomic mass is 10.1. The minimum atomic E-state index is 0.504. The number of pyridine rings is 1. The lowest BCUT2D eigenvalue weighted by Crippen LogP contribution is -2.03. The fraction of sp³-hybridized carbons (Fsp3) is 0.429. The summed E-state index contributed by atoms with van der Waals surface area (Å²) < 4.78 is 5.56. The average Bonchev–Trinajstić information content (AvgIpc) is 2.37. The van der Waals surface area contributed by atoms with E-state index >= 15 is 0 Å². The van der Waals surface area contributed by atoms with Crippen molar-refractivity contribution in [1.82, 2.24) is 10.5 Å². The molecule has 2 N–H and O–H groups in total. The quantitative estimate of drug-likeness (QED) is 0.343. The largest absolute Gasteiger partial charge is 0.478 e. The number of nitrogens with one attached hydrogen (secondary N) is 1. The second-order valence-corrected chi connectivity index (χ2v) is 4.60. The number of allylic oxidation sites excluding steroid dienone is 2. The smallest absolute Gasteiger partial charge is 0.213 e. The van der Waals surface area contributed by atoms with Gasteiger partial charge in [-0.2, -0.15) is 0 Å². The number of hydrogen-bond acceptors (Lipinski definition) is 4. The predicted octanol–water partition coefficient (Wildman–Crippen LogP) is 3.09. The predicted molar refractivity (Wildman–Crippen MR) is 76.0 cm³/mol. The molecule has 19 heavy (non-hydrogen) atoms. The normalized spacial score (nSPS) is 12.2. The highest BCUT2D eigenvalue weighted by Crippen LogP contribution is 2.15. The van der Waals surface area contributed by atoms with Gasteiger partial charge in [0.15, 0.2) is 0 Å². The fourth-order valence-electron chi connectivity index (χ4n) is 1.64. The topological polar surface area (TPSA) is 66.7 Å². The van der Waals surface area contributed by atoms with Crippen LogP contribution in [0.5, 0.6) is 5.88 Å². The number of rotatable bonds is 7. The summed E-state index contributed by atoms with van der Waals surface area (Å²) in [5, 5.41) is 8.36. The third-order valence-electron chi connectivity index (χ3n) is 2.43. The van der Waals surface area contributed by atoms with Crippen LogP contribution in [0.15, 0.2) is 35.0 Å². The molecule has 0 spiro atoms. The number of nitrogens with zero attached hydrogens (tertiary/aromatic N) is 2. The van der Waals surface area contributed by atoms with E-state index in [2.05, 4.69) is 36.8 Å². The molecule has 5 nitrogen and oxygen atoms in total. The highest BCUT2D eigenvalue weighted by Gasteiger charge is 2.00. The molecule has 0 bridgehead atoms. The Morgan fingerprint density at radius 1 is 1.53 bits per heavy atom. The van der Waals surface area contributed by atoms with Crippen molar-refractivity contribution in [2.75, 3.05) is 6.61 Å². The standard InChI is InChI=1S/C14H21N3O2/c1-11(2)8-12(3)6-7-19-14-5-4-13(9-15-14)16-10-17-18/h4-5,8-10,12,18H,6-7H2,1-3H3,(H,16,17). The Morgan fingerprint density at radius 3 is 2.89 bits per heavy atom. The van der Waals surface area contributed by atoms with Gasteiger partial charge in [-0.25, -0.2) is 9.98 Å². The Bertz CT molecular complexity index is 423. The van der Waals surface area contributed by atoms with Crippen LogP contribution in [-0.2, 0) is 0 Å². The van der Waals surface area contributed by atoms with Crippen molar-refractivity contribution >= 4 is 12.0 Å². The summed E-state index contributed by atoms with van der Waals surface area (Å²) in [6.45, 7) is 7.00. The summed E-state index contributed by atoms with van der Waals surface area (Å²) in [7, 11) is 0. The molecular formula is C14H21N3O2. The summed E-state index contributed by atoms with van der Waals surface area (Å²) in [6.07, 6.45) is 5.96. The van der Waals surface area contributed by atoms with E-state index in [4.69, 9.17) is 9.94 Å². The van der Waals surface area contributed by atoms with Crippen LogP contribution < -0.4 is 10.2 Å². The van der Waals surface area contributed by atoms with Crippen LogP contribution in [0.2, 0.25) is 0 Å². The van der Waals surface area contributed by atoms with E-state index < -0.39 is 0 Å². The number of aromatic nitrogens is 1. The van der Waals surface area contributed by atoms with Crippen LogP contribution in [-0.4, -0.2) is 23.1 Å². The lowest BCUT2D eigenvalue weighted by molar-refractivity contribution is 0.240.